The van der Waals surface area contributed by atoms with E-state index in [-0.39, 0.29) is 68.4 Å². The number of urea groups is 1. The summed E-state index contributed by atoms with van der Waals surface area (Å²) in [6, 6.07) is -0.0589. The molecule has 15 N–H and O–H groups in total. The van der Waals surface area contributed by atoms with Crippen LogP contribution >= 0.6 is 11.8 Å². The molecule has 0 saturated carbocycles. The Bertz CT molecular complexity index is 2600. The number of nitrogens with two attached hydrogens (primary N) is 2. The van der Waals surface area contributed by atoms with E-state index in [1.807, 2.05) is 11.8 Å². The van der Waals surface area contributed by atoms with Crippen LogP contribution < -0.4 is 59.3 Å². The molecule has 0 spiro atoms. The van der Waals surface area contributed by atoms with Crippen LogP contribution in [-0.4, -0.2) is 203 Å². The molecule has 5 rings (SSSR count). The summed E-state index contributed by atoms with van der Waals surface area (Å²) in [5, 5.41) is 53.1. The minimum absolute atomic E-state index is 0.00932. The quantitative estimate of drug-likeness (QED) is 0.0341. The van der Waals surface area contributed by atoms with Gasteiger partial charge in [0, 0.05) is 88.1 Å². The van der Waals surface area contributed by atoms with Gasteiger partial charge in [-0.3, -0.25) is 47.8 Å². The Kier molecular flexibility index (Phi) is 32.6. The molecule has 0 radical (unpaired) electrons. The maximum absolute atomic E-state index is 14.1. The van der Waals surface area contributed by atoms with Crippen molar-refractivity contribution in [1.82, 2.24) is 62.8 Å². The van der Waals surface area contributed by atoms with E-state index >= 15 is 0 Å². The van der Waals surface area contributed by atoms with E-state index in [0.717, 1.165) is 25.0 Å². The Balaban J connectivity index is 1.12. The van der Waals surface area contributed by atoms with Crippen molar-refractivity contribution in [3.63, 3.8) is 0 Å². The number of aliphatic carboxylic acids is 1. The van der Waals surface area contributed by atoms with E-state index in [0.29, 0.717) is 121 Å². The number of unbranched alkanes of at least 4 members (excludes halogenated alkanes) is 2. The highest BCUT2D eigenvalue weighted by Crippen LogP contribution is 2.33. The van der Waals surface area contributed by atoms with Gasteiger partial charge in [-0.25, -0.2) is 4.79 Å². The van der Waals surface area contributed by atoms with Crippen molar-refractivity contribution in [2.75, 3.05) is 71.6 Å². The zero-order valence-corrected chi connectivity index (χ0v) is 52.1. The molecule has 9 atom stereocenters. The molecule has 29 nitrogen and oxygen atoms in total. The molecule has 89 heavy (non-hydrogen) atoms. The van der Waals surface area contributed by atoms with Crippen LogP contribution in [0.25, 0.3) is 0 Å². The number of carboxylic acid groups (broad SMARTS) is 1. The summed E-state index contributed by atoms with van der Waals surface area (Å²) in [5.74, 6) is -6.78. The van der Waals surface area contributed by atoms with E-state index in [1.165, 1.54) is 12.1 Å². The number of amides is 9. The molecular formula is C59H94N14O15S. The van der Waals surface area contributed by atoms with E-state index < -0.39 is 109 Å². The highest BCUT2D eigenvalue weighted by molar-refractivity contribution is 8.00. The summed E-state index contributed by atoms with van der Waals surface area (Å²) in [4.78, 5) is 133. The van der Waals surface area contributed by atoms with Crippen molar-refractivity contribution in [1.29, 1.82) is 0 Å². The monoisotopic (exact) mass is 1270 g/mol. The lowest BCUT2D eigenvalue weighted by molar-refractivity contribution is -0.138. The van der Waals surface area contributed by atoms with Gasteiger partial charge in [0.15, 0.2) is 5.78 Å². The van der Waals surface area contributed by atoms with Crippen LogP contribution in [0.2, 0.25) is 0 Å². The number of phenols is 1. The molecule has 9 amide bonds. The Morgan fingerprint density at radius 1 is 0.742 bits per heavy atom. The lowest BCUT2D eigenvalue weighted by Crippen LogP contribution is -2.59. The maximum atomic E-state index is 14.1. The van der Waals surface area contributed by atoms with Crippen molar-refractivity contribution >= 4 is 70.9 Å². The summed E-state index contributed by atoms with van der Waals surface area (Å²) < 4.78 is 18.5. The first kappa shape index (κ1) is 72.8. The fourth-order valence-corrected chi connectivity index (χ4v) is 11.9. The van der Waals surface area contributed by atoms with Crippen molar-refractivity contribution in [3.05, 3.63) is 41.7 Å². The zero-order chi connectivity index (χ0) is 64.5. The number of hydrogen-bond donors (Lipinski definition) is 13. The second-order valence-electron chi connectivity index (χ2n) is 23.0. The molecule has 2 bridgehead atoms. The summed E-state index contributed by atoms with van der Waals surface area (Å²) >= 11 is 1.87. The first-order chi connectivity index (χ1) is 42.8. The number of carbonyl (C=O) groups is 10. The first-order valence-corrected chi connectivity index (χ1v) is 32.2. The molecule has 2 saturated heterocycles. The van der Waals surface area contributed by atoms with Crippen molar-refractivity contribution in [3.8, 4) is 5.75 Å². The number of aromatic hydroxyl groups is 1. The summed E-state index contributed by atoms with van der Waals surface area (Å²) in [7, 11) is 0. The van der Waals surface area contributed by atoms with Crippen LogP contribution in [0.15, 0.2) is 30.5 Å². The average molecular weight is 1270 g/mol. The summed E-state index contributed by atoms with van der Waals surface area (Å²) in [6.07, 6.45) is 6.87. The van der Waals surface area contributed by atoms with Crippen LogP contribution in [0, 0.1) is 11.8 Å². The summed E-state index contributed by atoms with van der Waals surface area (Å²) in [5.41, 5.74) is 13.1. The van der Waals surface area contributed by atoms with Crippen LogP contribution in [0.5, 0.6) is 5.75 Å². The topological polar surface area (TPSA) is 430 Å². The number of Topliss-reactive ketones (excluding diaryl/α,β-unsaturated/α-hetero) is 1. The molecule has 4 heterocycles. The molecule has 3 aliphatic heterocycles. The molecular weight excluding hydrogens is 1180 g/mol. The molecule has 496 valence electrons. The number of aromatic nitrogens is 3. The van der Waals surface area contributed by atoms with Crippen LogP contribution in [-0.2, 0) is 76.7 Å². The number of thioether (sulfide) groups is 1. The largest absolute Gasteiger partial charge is 0.508 e. The number of fused-ring (bicyclic) bond motifs is 3. The van der Waals surface area contributed by atoms with E-state index in [1.54, 1.807) is 36.9 Å². The molecule has 1 aromatic carbocycles. The normalized spacial score (nSPS) is 23.6. The third-order valence-corrected chi connectivity index (χ3v) is 16.9. The Hall–Kier alpha value is -6.99. The predicted molar refractivity (Wildman–Crippen MR) is 327 cm³/mol. The van der Waals surface area contributed by atoms with Gasteiger partial charge in [-0.15, -0.1) is 5.10 Å². The minimum atomic E-state index is -1.50. The number of aryl methyl sites for hydroxylation is 1. The third kappa shape index (κ3) is 27.3. The summed E-state index contributed by atoms with van der Waals surface area (Å²) in [6.45, 7) is 6.08. The van der Waals surface area contributed by atoms with Crippen molar-refractivity contribution in [2.45, 2.75) is 177 Å². The Morgan fingerprint density at radius 3 is 2.13 bits per heavy atom. The fourth-order valence-electron chi connectivity index (χ4n) is 10.3. The number of hydrogen-bond acceptors (Lipinski definition) is 19. The smallest absolute Gasteiger partial charge is 0.315 e. The Labute approximate surface area is 523 Å². The van der Waals surface area contributed by atoms with Gasteiger partial charge in [-0.2, -0.15) is 11.8 Å². The minimum Gasteiger partial charge on any atom is -0.508 e. The van der Waals surface area contributed by atoms with Gasteiger partial charge in [0.1, 0.15) is 29.9 Å². The zero-order valence-electron chi connectivity index (χ0n) is 51.3. The standard InChI is InChI=1S/C59H94N14O15S/c1-37(2)52-58(84)66-43(55(81)63-23-10-26-87-28-30-88-29-27-86-25-9-22-62-49(76)14-4-3-13-48-53-46(36-89-48)68-59(85)70-53)12-6-8-24-73-35-40(71-72-73)33-42(61)47(75)32-39(11-5-7-21-60)54(80)67-45(31-38-15-17-41(74)18-16-38)56(82)64-34-50(77)65-44(57(83)69-52)19-20-51(78)79/h15-18,35,37,39,42-46,48,52-53,74H,3-14,19-34,36,60-61H2,1-2H3,(H,62,76)(H,63,81)(H,64,82)(H,65,77)(H,66,84)(H,67,80)(H,69,83)(H,78,79)(H2,68,70,85)/t39-,42+,43+,44+,45+,46-,48?,52+,53-/m1/s1. The van der Waals surface area contributed by atoms with Crippen LogP contribution in [0.3, 0.4) is 0 Å². The molecule has 2 aromatic rings. The van der Waals surface area contributed by atoms with Gasteiger partial charge in [-0.1, -0.05) is 44.0 Å². The molecule has 3 aliphatic rings. The SMILES string of the molecule is CC(C)[C@@H]1NC(=O)[C@H](CCC(=O)O)NC(=O)CNC(=O)[C@H](Cc2ccc(O)cc2)NC(=O)[C@H](CCCCN)CC(=O)[C@@H](N)Cc2cn(nn2)CCCC[C@@H](C(=O)NCCCOCCOCCOCCCNC(=O)CCCCC2SC[C@H]3NC(=O)N[C@@H]23)NC1=O. The lowest BCUT2D eigenvalue weighted by atomic mass is 9.91. The van der Waals surface area contributed by atoms with Crippen LogP contribution in [0.1, 0.15) is 121 Å². The van der Waals surface area contributed by atoms with E-state index in [9.17, 15) is 58.2 Å². The third-order valence-electron chi connectivity index (χ3n) is 15.4. The van der Waals surface area contributed by atoms with Crippen molar-refractivity contribution < 1.29 is 72.4 Å². The number of benzene rings is 1. The lowest BCUT2D eigenvalue weighted by Gasteiger charge is -2.27. The second-order valence-corrected chi connectivity index (χ2v) is 24.2. The number of carboxylic acids is 1. The first-order valence-electron chi connectivity index (χ1n) is 31.1. The number of ether oxygens (including phenoxy) is 3. The van der Waals surface area contributed by atoms with E-state index in [4.69, 9.17) is 25.7 Å². The van der Waals surface area contributed by atoms with E-state index in [2.05, 4.69) is 58.2 Å². The van der Waals surface area contributed by atoms with Gasteiger partial charge < -0.3 is 83.7 Å². The van der Waals surface area contributed by atoms with Gasteiger partial charge in [0.25, 0.3) is 0 Å². The molecule has 0 aliphatic carbocycles. The number of phenolic OH excluding ortho intramolecular Hbond substituents is 1. The van der Waals surface area contributed by atoms with Crippen molar-refractivity contribution in [2.24, 2.45) is 23.3 Å². The maximum Gasteiger partial charge on any atom is 0.315 e. The highest BCUT2D eigenvalue weighted by Gasteiger charge is 2.42. The number of nitrogens with zero attached hydrogens (tertiary/aromatic N) is 3. The van der Waals surface area contributed by atoms with Gasteiger partial charge in [0.05, 0.1) is 56.8 Å². The van der Waals surface area contributed by atoms with Gasteiger partial charge in [-0.05, 0) is 94.4 Å². The Morgan fingerprint density at radius 2 is 1.44 bits per heavy atom. The number of rotatable bonds is 30. The van der Waals surface area contributed by atoms with Gasteiger partial charge in [0.2, 0.25) is 41.4 Å². The average Bonchev–Trinajstić information content (AvgIpc) is 2.31. The highest BCUT2D eigenvalue weighted by atomic mass is 32.2. The fraction of sp³-hybridized carbons (Fsp3) is 0.695. The molecule has 1 aromatic heterocycles. The van der Waals surface area contributed by atoms with Gasteiger partial charge >= 0.3 is 12.0 Å². The molecule has 30 heteroatoms. The number of nitrogens with one attached hydrogen (secondary N) is 9. The second kappa shape index (κ2) is 39.9. The molecule has 1 unspecified atom stereocenters. The number of carbonyl (C=O) groups excluding carboxylic acids is 9. The number of ketones is 1. The van der Waals surface area contributed by atoms with Crippen LogP contribution in [0.4, 0.5) is 4.79 Å². The predicted octanol–water partition coefficient (Wildman–Crippen LogP) is -0.651. The molecule has 2 fully saturated rings.